The minimum absolute atomic E-state index is 0.111. The van der Waals surface area contributed by atoms with E-state index in [9.17, 15) is 4.79 Å². The third-order valence-corrected chi connectivity index (χ3v) is 1.70. The molecule has 2 nitrogen and oxygen atoms in total. The predicted molar refractivity (Wildman–Crippen MR) is 50.6 cm³/mol. The minimum atomic E-state index is 0.111. The zero-order valence-corrected chi connectivity index (χ0v) is 7.89. The van der Waals surface area contributed by atoms with Crippen molar-refractivity contribution in [2.75, 3.05) is 0 Å². The van der Waals surface area contributed by atoms with Gasteiger partial charge < -0.3 is 5.32 Å². The molecule has 0 aliphatic heterocycles. The summed E-state index contributed by atoms with van der Waals surface area (Å²) >= 11 is 0. The number of rotatable bonds is 5. The number of hydrogen-bond acceptors (Lipinski definition) is 1. The normalized spacial score (nSPS) is 11.8. The molecule has 0 aliphatic carbocycles. The van der Waals surface area contributed by atoms with Gasteiger partial charge in [0.05, 0.1) is 0 Å². The van der Waals surface area contributed by atoms with E-state index < -0.39 is 0 Å². The van der Waals surface area contributed by atoms with Gasteiger partial charge in [-0.05, 0) is 12.8 Å². The molecule has 2 heteroatoms. The van der Waals surface area contributed by atoms with Crippen molar-refractivity contribution in [2.24, 2.45) is 0 Å². The van der Waals surface area contributed by atoms with E-state index in [0.717, 1.165) is 12.8 Å². The molecule has 1 amide bonds. The van der Waals surface area contributed by atoms with Crippen molar-refractivity contribution in [3.63, 3.8) is 0 Å². The van der Waals surface area contributed by atoms with E-state index in [1.807, 2.05) is 13.8 Å². The van der Waals surface area contributed by atoms with Crippen LogP contribution in [0.25, 0.3) is 0 Å². The summed E-state index contributed by atoms with van der Waals surface area (Å²) < 4.78 is 0. The SMILES string of the molecule is C#CCC(CC)NC(=O)CCC. The Labute approximate surface area is 74.7 Å². The number of hydrogen-bond donors (Lipinski definition) is 1. The Morgan fingerprint density at radius 3 is 2.67 bits per heavy atom. The summed E-state index contributed by atoms with van der Waals surface area (Å²) in [5, 5.41) is 2.89. The van der Waals surface area contributed by atoms with Gasteiger partial charge in [0.15, 0.2) is 0 Å². The molecule has 0 aliphatic rings. The average Bonchev–Trinajstić information content (AvgIpc) is 2.04. The number of carbonyl (C=O) groups excluding carboxylic acids is 1. The highest BCUT2D eigenvalue weighted by Gasteiger charge is 2.07. The summed E-state index contributed by atoms with van der Waals surface area (Å²) in [5.41, 5.74) is 0. The Morgan fingerprint density at radius 1 is 1.58 bits per heavy atom. The van der Waals surface area contributed by atoms with E-state index in [4.69, 9.17) is 6.42 Å². The number of nitrogens with one attached hydrogen (secondary N) is 1. The Hall–Kier alpha value is -0.970. The molecule has 0 bridgehead atoms. The number of carbonyl (C=O) groups is 1. The molecule has 0 rings (SSSR count). The van der Waals surface area contributed by atoms with Crippen LogP contribution in [0.1, 0.15) is 39.5 Å². The molecule has 0 radical (unpaired) electrons. The fourth-order valence-corrected chi connectivity index (χ4v) is 0.967. The quantitative estimate of drug-likeness (QED) is 0.620. The lowest BCUT2D eigenvalue weighted by Crippen LogP contribution is -2.33. The Kier molecular flexibility index (Phi) is 6.18. The maximum Gasteiger partial charge on any atom is 0.220 e. The highest BCUT2D eigenvalue weighted by atomic mass is 16.1. The molecular weight excluding hydrogens is 150 g/mol. The topological polar surface area (TPSA) is 29.1 Å². The van der Waals surface area contributed by atoms with Crippen LogP contribution in [-0.4, -0.2) is 11.9 Å². The van der Waals surface area contributed by atoms with Crippen LogP contribution in [0, 0.1) is 12.3 Å². The molecule has 0 aromatic rings. The van der Waals surface area contributed by atoms with Gasteiger partial charge in [-0.25, -0.2) is 0 Å². The molecule has 1 unspecified atom stereocenters. The van der Waals surface area contributed by atoms with Crippen LogP contribution >= 0.6 is 0 Å². The molecule has 0 aromatic carbocycles. The lowest BCUT2D eigenvalue weighted by Gasteiger charge is -2.13. The van der Waals surface area contributed by atoms with Gasteiger partial charge in [-0.1, -0.05) is 13.8 Å². The fraction of sp³-hybridized carbons (Fsp3) is 0.700. The molecular formula is C10H17NO. The Morgan fingerprint density at radius 2 is 2.25 bits per heavy atom. The molecule has 0 fully saturated rings. The summed E-state index contributed by atoms with van der Waals surface area (Å²) in [6.07, 6.45) is 8.17. The molecule has 1 N–H and O–H groups in total. The molecule has 0 saturated carbocycles. The van der Waals surface area contributed by atoms with E-state index >= 15 is 0 Å². The maximum atomic E-state index is 11.1. The third-order valence-electron chi connectivity index (χ3n) is 1.70. The third kappa shape index (κ3) is 4.79. The van der Waals surface area contributed by atoms with E-state index in [1.165, 1.54) is 0 Å². The van der Waals surface area contributed by atoms with E-state index in [1.54, 1.807) is 0 Å². The Bertz CT molecular complexity index is 169. The van der Waals surface area contributed by atoms with Crippen LogP contribution in [0.2, 0.25) is 0 Å². The molecule has 0 saturated heterocycles. The minimum Gasteiger partial charge on any atom is -0.352 e. The molecule has 0 heterocycles. The summed E-state index contributed by atoms with van der Waals surface area (Å²) in [6.45, 7) is 4.01. The van der Waals surface area contributed by atoms with Gasteiger partial charge in [-0.3, -0.25) is 4.79 Å². The van der Waals surface area contributed by atoms with Gasteiger partial charge >= 0.3 is 0 Å². The van der Waals surface area contributed by atoms with Gasteiger partial charge in [0.1, 0.15) is 0 Å². The second-order valence-corrected chi connectivity index (χ2v) is 2.83. The van der Waals surface area contributed by atoms with Gasteiger partial charge in [-0.2, -0.15) is 0 Å². The Balaban J connectivity index is 3.70. The first-order valence-electron chi connectivity index (χ1n) is 4.47. The van der Waals surface area contributed by atoms with Crippen molar-refractivity contribution < 1.29 is 4.79 Å². The van der Waals surface area contributed by atoms with Crippen molar-refractivity contribution in [1.82, 2.24) is 5.32 Å². The van der Waals surface area contributed by atoms with Gasteiger partial charge in [0, 0.05) is 18.9 Å². The summed E-state index contributed by atoms with van der Waals surface area (Å²) in [4.78, 5) is 11.1. The molecule has 68 valence electrons. The summed E-state index contributed by atoms with van der Waals surface area (Å²) in [5.74, 6) is 2.66. The second kappa shape index (κ2) is 6.72. The van der Waals surface area contributed by atoms with Crippen molar-refractivity contribution in [3.8, 4) is 12.3 Å². The van der Waals surface area contributed by atoms with Crippen LogP contribution in [0.4, 0.5) is 0 Å². The van der Waals surface area contributed by atoms with Gasteiger partial charge in [0.2, 0.25) is 5.91 Å². The average molecular weight is 167 g/mol. The zero-order chi connectivity index (χ0) is 9.40. The number of amides is 1. The van der Waals surface area contributed by atoms with Crippen molar-refractivity contribution in [3.05, 3.63) is 0 Å². The monoisotopic (exact) mass is 167 g/mol. The standard InChI is InChI=1S/C10H17NO/c1-4-7-9(6-3)11-10(12)8-5-2/h1,9H,5-8H2,2-3H3,(H,11,12). The fourth-order valence-electron chi connectivity index (χ4n) is 0.967. The van der Waals surface area contributed by atoms with E-state index in [-0.39, 0.29) is 11.9 Å². The van der Waals surface area contributed by atoms with Crippen molar-refractivity contribution in [2.45, 2.75) is 45.6 Å². The first-order chi connectivity index (χ1) is 5.74. The van der Waals surface area contributed by atoms with Crippen LogP contribution in [0.5, 0.6) is 0 Å². The summed E-state index contributed by atoms with van der Waals surface area (Å²) in [7, 11) is 0. The van der Waals surface area contributed by atoms with Gasteiger partial charge in [-0.15, -0.1) is 12.3 Å². The second-order valence-electron chi connectivity index (χ2n) is 2.83. The first-order valence-corrected chi connectivity index (χ1v) is 4.47. The smallest absolute Gasteiger partial charge is 0.220 e. The van der Waals surface area contributed by atoms with Crippen molar-refractivity contribution in [1.29, 1.82) is 0 Å². The van der Waals surface area contributed by atoms with Crippen LogP contribution in [-0.2, 0) is 4.79 Å². The molecule has 1 atom stereocenters. The van der Waals surface area contributed by atoms with Crippen molar-refractivity contribution >= 4 is 5.91 Å². The maximum absolute atomic E-state index is 11.1. The lowest BCUT2D eigenvalue weighted by molar-refractivity contribution is -0.121. The first kappa shape index (κ1) is 11.0. The van der Waals surface area contributed by atoms with E-state index in [0.29, 0.717) is 12.8 Å². The van der Waals surface area contributed by atoms with E-state index in [2.05, 4.69) is 11.2 Å². The highest BCUT2D eigenvalue weighted by Crippen LogP contribution is 1.97. The van der Waals surface area contributed by atoms with Crippen LogP contribution in [0.3, 0.4) is 0 Å². The largest absolute Gasteiger partial charge is 0.352 e. The predicted octanol–water partition coefficient (Wildman–Crippen LogP) is 1.70. The van der Waals surface area contributed by atoms with Crippen LogP contribution in [0.15, 0.2) is 0 Å². The molecule has 12 heavy (non-hydrogen) atoms. The highest BCUT2D eigenvalue weighted by molar-refractivity contribution is 5.76. The van der Waals surface area contributed by atoms with Gasteiger partial charge in [0.25, 0.3) is 0 Å². The molecule has 0 aromatic heterocycles. The van der Waals surface area contributed by atoms with Crippen LogP contribution < -0.4 is 5.32 Å². The summed E-state index contributed by atoms with van der Waals surface area (Å²) in [6, 6.07) is 0.161. The lowest BCUT2D eigenvalue weighted by atomic mass is 10.1. The molecule has 0 spiro atoms. The number of terminal acetylenes is 1. The zero-order valence-electron chi connectivity index (χ0n) is 7.89.